The topological polar surface area (TPSA) is 83.6 Å². The van der Waals surface area contributed by atoms with E-state index in [2.05, 4.69) is 207 Å². The summed E-state index contributed by atoms with van der Waals surface area (Å²) in [6.45, 7) is 28.0. The van der Waals surface area contributed by atoms with Gasteiger partial charge in [-0.15, -0.1) is 0 Å². The normalized spacial score (nSPS) is 20.1. The summed E-state index contributed by atoms with van der Waals surface area (Å²) >= 11 is 0. The van der Waals surface area contributed by atoms with Crippen LogP contribution in [0.25, 0.3) is 22.1 Å². The third-order valence-corrected chi connectivity index (χ3v) is 20.0. The van der Waals surface area contributed by atoms with Crippen LogP contribution in [0.2, 0.25) is 0 Å². The number of furan rings is 1. The Morgan fingerprint density at radius 1 is 0.512 bits per heavy atom. The molecule has 8 aromatic carbocycles. The van der Waals surface area contributed by atoms with Crippen molar-refractivity contribution in [1.82, 2.24) is 0 Å². The zero-order valence-electron chi connectivity index (χ0n) is 49.8. The molecule has 3 aliphatic carbocycles. The third kappa shape index (κ3) is 7.94. The van der Waals surface area contributed by atoms with Gasteiger partial charge in [0.2, 0.25) is 0 Å². The lowest BCUT2D eigenvalue weighted by atomic mass is 9.35. The Labute approximate surface area is 485 Å². The van der Waals surface area contributed by atoms with E-state index < -0.39 is 5.97 Å². The van der Waals surface area contributed by atoms with Gasteiger partial charge in [0.15, 0.2) is 0 Å². The molecule has 1 aromatic heterocycles. The highest BCUT2D eigenvalue weighted by molar-refractivity contribution is 7.00. The fraction of sp³-hybridized carbons (Fsp3) is 0.324. The molecular weight excluding hydrogens is 1010 g/mol. The van der Waals surface area contributed by atoms with Crippen LogP contribution in [0, 0.1) is 0 Å². The molecule has 5 aliphatic rings. The largest absolute Gasteiger partial charge is 0.468 e. The summed E-state index contributed by atoms with van der Waals surface area (Å²) in [6, 6.07) is 58.9. The molecule has 8 heteroatoms. The van der Waals surface area contributed by atoms with E-state index >= 15 is 0 Å². The second-order valence-electron chi connectivity index (χ2n) is 28.7. The van der Waals surface area contributed by atoms with Crippen molar-refractivity contribution in [2.45, 2.75) is 154 Å². The van der Waals surface area contributed by atoms with Gasteiger partial charge in [-0.05, 0) is 193 Å². The molecule has 1 saturated carbocycles. The zero-order valence-corrected chi connectivity index (χ0v) is 49.8. The predicted molar refractivity (Wildman–Crippen MR) is 340 cm³/mol. The fourth-order valence-corrected chi connectivity index (χ4v) is 15.4. The molecule has 2 atom stereocenters. The quantitative estimate of drug-likeness (QED) is 0.108. The average Bonchev–Trinajstić information content (AvgIpc) is 1.77. The summed E-state index contributed by atoms with van der Waals surface area (Å²) in [4.78, 5) is 7.10. The molecule has 9 aromatic rings. The Morgan fingerprint density at radius 2 is 1.10 bits per heavy atom. The maximum absolute atomic E-state index is 11.3. The summed E-state index contributed by atoms with van der Waals surface area (Å²) < 4.78 is 7.77. The number of hydrogen-bond donors (Lipinski definition) is 3. The molecule has 3 N–H and O–H groups in total. The Balaban J connectivity index is 1.17. The molecule has 414 valence electrons. The maximum Gasteiger partial charge on any atom is 0.306 e. The minimum atomic E-state index is -3.15. The molecule has 2 bridgehead atoms. The van der Waals surface area contributed by atoms with E-state index in [-0.39, 0.29) is 44.8 Å². The van der Waals surface area contributed by atoms with Crippen LogP contribution in [0.3, 0.4) is 0 Å². The van der Waals surface area contributed by atoms with Gasteiger partial charge >= 0.3 is 5.97 Å². The lowest BCUT2D eigenvalue weighted by molar-refractivity contribution is -0.323. The van der Waals surface area contributed by atoms with Crippen molar-refractivity contribution in [2.75, 3.05) is 14.7 Å². The van der Waals surface area contributed by atoms with Crippen molar-refractivity contribution in [1.29, 1.82) is 0 Å². The van der Waals surface area contributed by atoms with Crippen LogP contribution in [0.5, 0.6) is 0 Å². The third-order valence-electron chi connectivity index (χ3n) is 20.0. The summed E-state index contributed by atoms with van der Waals surface area (Å²) in [5.74, 6) is -3.15. The minimum Gasteiger partial charge on any atom is -0.468 e. The zero-order chi connectivity index (χ0) is 57.4. The fourth-order valence-electron chi connectivity index (χ4n) is 15.4. The van der Waals surface area contributed by atoms with Gasteiger partial charge in [0.1, 0.15) is 5.58 Å². The number of rotatable bonds is 7. The van der Waals surface area contributed by atoms with Crippen LogP contribution < -0.4 is 31.3 Å². The van der Waals surface area contributed by atoms with Gasteiger partial charge in [0.25, 0.3) is 6.71 Å². The van der Waals surface area contributed by atoms with Crippen LogP contribution in [0.15, 0.2) is 168 Å². The van der Waals surface area contributed by atoms with Crippen LogP contribution >= 0.6 is 0 Å². The molecule has 1 fully saturated rings. The van der Waals surface area contributed by atoms with Gasteiger partial charge < -0.3 is 34.4 Å². The van der Waals surface area contributed by atoms with E-state index in [1.165, 1.54) is 45.3 Å². The predicted octanol–water partition coefficient (Wildman–Crippen LogP) is 16.4. The lowest BCUT2D eigenvalue weighted by Gasteiger charge is -2.45. The van der Waals surface area contributed by atoms with E-state index in [1.54, 1.807) is 12.1 Å². The van der Waals surface area contributed by atoms with Crippen LogP contribution in [0.4, 0.5) is 51.2 Å². The Hall–Kier alpha value is -7.36. The van der Waals surface area contributed by atoms with Gasteiger partial charge in [0, 0.05) is 39.4 Å². The first-order chi connectivity index (χ1) is 38.7. The smallest absolute Gasteiger partial charge is 0.306 e. The highest BCUT2D eigenvalue weighted by Crippen LogP contribution is 2.62. The molecule has 0 spiro atoms. The molecule has 0 amide bonds. The molecule has 2 unspecified atom stereocenters. The van der Waals surface area contributed by atoms with E-state index in [4.69, 9.17) is 4.42 Å². The molecule has 2 aliphatic heterocycles. The maximum atomic E-state index is 11.3. The summed E-state index contributed by atoms with van der Waals surface area (Å²) in [7, 11) is 0. The first-order valence-electron chi connectivity index (χ1n) is 29.8. The molecule has 0 radical (unpaired) electrons. The van der Waals surface area contributed by atoms with Crippen molar-refractivity contribution >= 4 is 85.5 Å². The first kappa shape index (κ1) is 52.7. The Bertz CT molecular complexity index is 4100. The van der Waals surface area contributed by atoms with Crippen molar-refractivity contribution in [3.63, 3.8) is 0 Å². The summed E-state index contributed by atoms with van der Waals surface area (Å²) in [5, 5.41) is 35.0. The average molecular weight is 1080 g/mol. The SMILES string of the molecule is CC(C)(C)c1ccc2c(c1)B1c3oc4cc5c(cc4c3N(c3ccc4c(c3)C(C)(C)CCC4(C)C)c3cc(N(c4ccccc4)c4ccccc4C(O)(O)O)cc(c31)N2c1ccc(C(C)(C)C)cc1-c1ccccc1)C1(C)CCC5(C)C1. The van der Waals surface area contributed by atoms with Gasteiger partial charge in [-0.3, -0.25) is 0 Å². The summed E-state index contributed by atoms with van der Waals surface area (Å²) in [5.41, 5.74) is 22.2. The minimum absolute atomic E-state index is 0.00668. The van der Waals surface area contributed by atoms with Crippen molar-refractivity contribution in [3.8, 4) is 11.1 Å². The van der Waals surface area contributed by atoms with Crippen molar-refractivity contribution in [3.05, 3.63) is 203 Å². The number of hydrogen-bond acceptors (Lipinski definition) is 7. The number of para-hydroxylation sites is 2. The van der Waals surface area contributed by atoms with Crippen molar-refractivity contribution in [2.24, 2.45) is 0 Å². The van der Waals surface area contributed by atoms with Crippen LogP contribution in [-0.4, -0.2) is 22.0 Å². The van der Waals surface area contributed by atoms with Gasteiger partial charge in [-0.25, -0.2) is 0 Å². The number of aliphatic hydroxyl groups is 3. The van der Waals surface area contributed by atoms with Crippen LogP contribution in [-0.2, 0) is 38.5 Å². The highest BCUT2D eigenvalue weighted by atomic mass is 16.7. The summed E-state index contributed by atoms with van der Waals surface area (Å²) in [6.07, 6.45) is 5.64. The second-order valence-corrected chi connectivity index (χ2v) is 28.7. The second kappa shape index (κ2) is 17.6. The highest BCUT2D eigenvalue weighted by Gasteiger charge is 2.55. The molecular formula is C74H76BN3O4. The van der Waals surface area contributed by atoms with Crippen LogP contribution in [0.1, 0.15) is 154 Å². The number of benzene rings is 8. The Kier molecular flexibility index (Phi) is 11.3. The van der Waals surface area contributed by atoms with Gasteiger partial charge in [-0.1, -0.05) is 168 Å². The first-order valence-corrected chi connectivity index (χ1v) is 29.8. The van der Waals surface area contributed by atoms with E-state index in [9.17, 15) is 15.3 Å². The standard InChI is InChI=1S/C74H76BN3O4/c1-68(2,3)46-27-31-59(51(37-46)45-21-15-13-16-22-45)78-61-32-28-47(69(4,5)6)38-58(61)75-65-62(40-50(41-63(65)78)76(48-23-17-14-18-24-48)60-26-20-19-25-54(60)74(79,80)81)77(49-29-30-53-55(39-49)71(9,10)34-33-70(53,7)8)66-52-42-56-57(43-64(52)82-67(66)75)73(12)36-35-72(56,11)44-73/h13-32,37-43,79-81H,33-36,44H2,1-12H3. The Morgan fingerprint density at radius 3 is 1.76 bits per heavy atom. The molecule has 7 nitrogen and oxygen atoms in total. The number of nitrogens with zero attached hydrogens (tertiary/aromatic N) is 3. The molecule has 3 heterocycles. The van der Waals surface area contributed by atoms with E-state index in [0.717, 1.165) is 104 Å². The molecule has 82 heavy (non-hydrogen) atoms. The van der Waals surface area contributed by atoms with Gasteiger partial charge in [0.05, 0.1) is 34.0 Å². The molecule has 14 rings (SSSR count). The van der Waals surface area contributed by atoms with E-state index in [0.29, 0.717) is 5.69 Å². The lowest BCUT2D eigenvalue weighted by Crippen LogP contribution is -2.61. The van der Waals surface area contributed by atoms with Gasteiger partial charge in [-0.2, -0.15) is 0 Å². The number of fused-ring (bicyclic) bond motifs is 12. The number of anilines is 9. The molecule has 0 saturated heterocycles. The van der Waals surface area contributed by atoms with E-state index in [1.807, 2.05) is 42.5 Å². The van der Waals surface area contributed by atoms with Crippen molar-refractivity contribution < 1.29 is 19.7 Å². The monoisotopic (exact) mass is 1080 g/mol.